The molecule has 1 fully saturated rings. The topological polar surface area (TPSA) is 107 Å². The highest BCUT2D eigenvalue weighted by Crippen LogP contribution is 2.39. The normalized spacial score (nSPS) is 17.9. The number of nitrogens with zero attached hydrogens (tertiary/aromatic N) is 1. The third-order valence-electron chi connectivity index (χ3n) is 6.27. The van der Waals surface area contributed by atoms with E-state index in [1.807, 2.05) is 13.8 Å². The zero-order chi connectivity index (χ0) is 21.6. The SMILES string of the molecule is Cc1nc2c(c(C)c1O)/C(=C/c1[nH]c(C)c(C(=O)NC3CCCCC3)c1C)C(=O)N2. The van der Waals surface area contributed by atoms with Gasteiger partial charge in [-0.3, -0.25) is 9.59 Å². The molecule has 1 aliphatic carbocycles. The van der Waals surface area contributed by atoms with Gasteiger partial charge in [-0.2, -0.15) is 0 Å². The van der Waals surface area contributed by atoms with Gasteiger partial charge in [-0.25, -0.2) is 4.98 Å². The van der Waals surface area contributed by atoms with Crippen LogP contribution in [0.4, 0.5) is 5.82 Å². The first kappa shape index (κ1) is 20.2. The molecule has 7 nitrogen and oxygen atoms in total. The second kappa shape index (κ2) is 7.63. The third kappa shape index (κ3) is 3.38. The van der Waals surface area contributed by atoms with Crippen LogP contribution in [0.15, 0.2) is 0 Å². The highest BCUT2D eigenvalue weighted by atomic mass is 16.3. The van der Waals surface area contributed by atoms with Crippen molar-refractivity contribution in [2.24, 2.45) is 0 Å². The number of nitrogens with one attached hydrogen (secondary N) is 3. The molecule has 7 heteroatoms. The number of aromatic hydroxyl groups is 1. The van der Waals surface area contributed by atoms with Crippen molar-refractivity contribution >= 4 is 29.3 Å². The van der Waals surface area contributed by atoms with E-state index in [0.29, 0.717) is 39.5 Å². The summed E-state index contributed by atoms with van der Waals surface area (Å²) < 4.78 is 0. The van der Waals surface area contributed by atoms with Gasteiger partial charge in [0, 0.05) is 28.6 Å². The maximum atomic E-state index is 12.9. The maximum Gasteiger partial charge on any atom is 0.257 e. The summed E-state index contributed by atoms with van der Waals surface area (Å²) in [5, 5.41) is 16.2. The Labute approximate surface area is 176 Å². The first-order chi connectivity index (χ1) is 14.3. The third-order valence-corrected chi connectivity index (χ3v) is 6.27. The average Bonchev–Trinajstić information content (AvgIpc) is 3.16. The van der Waals surface area contributed by atoms with Crippen molar-refractivity contribution in [1.82, 2.24) is 15.3 Å². The van der Waals surface area contributed by atoms with Crippen molar-refractivity contribution in [2.45, 2.75) is 65.8 Å². The van der Waals surface area contributed by atoms with Gasteiger partial charge in [-0.1, -0.05) is 19.3 Å². The molecule has 1 saturated carbocycles. The summed E-state index contributed by atoms with van der Waals surface area (Å²) in [6.45, 7) is 7.23. The van der Waals surface area contributed by atoms with Crippen LogP contribution in [0.3, 0.4) is 0 Å². The molecule has 0 aromatic carbocycles. The molecule has 158 valence electrons. The monoisotopic (exact) mass is 408 g/mol. The van der Waals surface area contributed by atoms with Crippen LogP contribution in [0, 0.1) is 27.7 Å². The summed E-state index contributed by atoms with van der Waals surface area (Å²) in [6, 6.07) is 0.231. The largest absolute Gasteiger partial charge is 0.506 e. The lowest BCUT2D eigenvalue weighted by molar-refractivity contribution is -0.110. The van der Waals surface area contributed by atoms with Crippen LogP contribution in [0.2, 0.25) is 0 Å². The molecule has 1 aliphatic heterocycles. The maximum absolute atomic E-state index is 12.9. The summed E-state index contributed by atoms with van der Waals surface area (Å²) >= 11 is 0. The number of hydrogen-bond acceptors (Lipinski definition) is 4. The van der Waals surface area contributed by atoms with E-state index in [1.54, 1.807) is 19.9 Å². The predicted molar refractivity (Wildman–Crippen MR) is 116 cm³/mol. The fraction of sp³-hybridized carbons (Fsp3) is 0.435. The molecule has 30 heavy (non-hydrogen) atoms. The minimum atomic E-state index is -0.273. The van der Waals surface area contributed by atoms with Gasteiger partial charge >= 0.3 is 0 Å². The Morgan fingerprint density at radius 3 is 2.53 bits per heavy atom. The van der Waals surface area contributed by atoms with Gasteiger partial charge in [-0.05, 0) is 52.2 Å². The van der Waals surface area contributed by atoms with Crippen molar-refractivity contribution < 1.29 is 14.7 Å². The lowest BCUT2D eigenvalue weighted by atomic mass is 9.95. The molecular weight excluding hydrogens is 380 g/mol. The Morgan fingerprint density at radius 1 is 1.13 bits per heavy atom. The molecule has 3 heterocycles. The van der Waals surface area contributed by atoms with E-state index in [4.69, 9.17) is 0 Å². The number of anilines is 1. The second-order valence-electron chi connectivity index (χ2n) is 8.38. The number of aromatic amines is 1. The first-order valence-electron chi connectivity index (χ1n) is 10.5. The molecule has 0 bridgehead atoms. The van der Waals surface area contributed by atoms with Crippen LogP contribution in [0.5, 0.6) is 5.75 Å². The van der Waals surface area contributed by atoms with Crippen LogP contribution >= 0.6 is 0 Å². The van der Waals surface area contributed by atoms with Crippen molar-refractivity contribution in [3.8, 4) is 5.75 Å². The number of carbonyl (C=O) groups is 2. The molecule has 0 saturated heterocycles. The van der Waals surface area contributed by atoms with E-state index >= 15 is 0 Å². The lowest BCUT2D eigenvalue weighted by Crippen LogP contribution is -2.36. The lowest BCUT2D eigenvalue weighted by Gasteiger charge is -2.22. The summed E-state index contributed by atoms with van der Waals surface area (Å²) in [5.74, 6) is 0.198. The van der Waals surface area contributed by atoms with E-state index in [-0.39, 0.29) is 23.6 Å². The molecule has 4 rings (SSSR count). The number of rotatable bonds is 3. The summed E-state index contributed by atoms with van der Waals surface area (Å²) in [4.78, 5) is 33.1. The number of fused-ring (bicyclic) bond motifs is 1. The zero-order valence-corrected chi connectivity index (χ0v) is 17.9. The molecule has 0 unspecified atom stereocenters. The Kier molecular flexibility index (Phi) is 5.13. The molecule has 0 spiro atoms. The van der Waals surface area contributed by atoms with E-state index in [9.17, 15) is 14.7 Å². The van der Waals surface area contributed by atoms with Crippen LogP contribution in [0.1, 0.15) is 76.2 Å². The smallest absolute Gasteiger partial charge is 0.257 e. The highest BCUT2D eigenvalue weighted by molar-refractivity contribution is 6.35. The highest BCUT2D eigenvalue weighted by Gasteiger charge is 2.30. The minimum Gasteiger partial charge on any atom is -0.506 e. The number of aromatic nitrogens is 2. The van der Waals surface area contributed by atoms with E-state index in [0.717, 1.165) is 36.9 Å². The number of carbonyl (C=O) groups excluding carboxylic acids is 2. The fourth-order valence-corrected chi connectivity index (χ4v) is 4.60. The standard InChI is InChI=1S/C23H28N4O3/c1-11-17(24-13(3)18(11)23(30)26-15-8-6-5-7-9-15)10-16-19-12(2)20(28)14(4)25-21(19)27-22(16)29/h10,15,24,28H,5-9H2,1-4H3,(H,26,30)(H,25,27,29)/b16-10-. The Bertz CT molecular complexity index is 1070. The molecule has 2 aliphatic rings. The van der Waals surface area contributed by atoms with Crippen LogP contribution in [-0.4, -0.2) is 32.9 Å². The van der Waals surface area contributed by atoms with Crippen LogP contribution in [0.25, 0.3) is 11.6 Å². The number of aryl methyl sites for hydroxylation is 2. The van der Waals surface area contributed by atoms with Gasteiger partial charge in [0.25, 0.3) is 11.8 Å². The van der Waals surface area contributed by atoms with Gasteiger partial charge in [0.1, 0.15) is 11.6 Å². The fourth-order valence-electron chi connectivity index (χ4n) is 4.60. The second-order valence-corrected chi connectivity index (χ2v) is 8.38. The molecule has 4 N–H and O–H groups in total. The predicted octanol–water partition coefficient (Wildman–Crippen LogP) is 3.90. The minimum absolute atomic E-state index is 0.0693. The molecule has 2 amide bonds. The van der Waals surface area contributed by atoms with Crippen molar-refractivity contribution in [2.75, 3.05) is 5.32 Å². The molecule has 0 radical (unpaired) electrons. The van der Waals surface area contributed by atoms with E-state index in [1.165, 1.54) is 6.42 Å². The van der Waals surface area contributed by atoms with E-state index in [2.05, 4.69) is 20.6 Å². The van der Waals surface area contributed by atoms with Crippen LogP contribution in [-0.2, 0) is 4.79 Å². The number of hydrogen-bond donors (Lipinski definition) is 4. The Hall–Kier alpha value is -3.09. The van der Waals surface area contributed by atoms with E-state index < -0.39 is 0 Å². The Morgan fingerprint density at radius 2 is 1.83 bits per heavy atom. The summed E-state index contributed by atoms with van der Waals surface area (Å²) in [6.07, 6.45) is 7.33. The molecule has 2 aromatic rings. The average molecular weight is 409 g/mol. The number of pyridine rings is 1. The summed E-state index contributed by atoms with van der Waals surface area (Å²) in [7, 11) is 0. The van der Waals surface area contributed by atoms with Gasteiger partial charge in [0.15, 0.2) is 0 Å². The molecule has 2 aromatic heterocycles. The summed E-state index contributed by atoms with van der Waals surface area (Å²) in [5.41, 5.74) is 5.02. The number of H-pyrrole nitrogens is 1. The quantitative estimate of drug-likeness (QED) is 0.578. The van der Waals surface area contributed by atoms with Crippen LogP contribution < -0.4 is 10.6 Å². The zero-order valence-electron chi connectivity index (χ0n) is 17.9. The van der Waals surface area contributed by atoms with Crippen molar-refractivity contribution in [3.63, 3.8) is 0 Å². The van der Waals surface area contributed by atoms with Crippen molar-refractivity contribution in [3.05, 3.63) is 39.3 Å². The van der Waals surface area contributed by atoms with Gasteiger partial charge < -0.3 is 20.7 Å². The van der Waals surface area contributed by atoms with Gasteiger partial charge in [0.05, 0.1) is 16.8 Å². The van der Waals surface area contributed by atoms with Gasteiger partial charge in [0.2, 0.25) is 0 Å². The number of amides is 2. The Balaban J connectivity index is 1.69. The first-order valence-corrected chi connectivity index (χ1v) is 10.5. The molecular formula is C23H28N4O3. The van der Waals surface area contributed by atoms with Crippen molar-refractivity contribution in [1.29, 1.82) is 0 Å². The van der Waals surface area contributed by atoms with Gasteiger partial charge in [-0.15, -0.1) is 0 Å². The molecule has 0 atom stereocenters.